The molecule has 3 N–H and O–H groups in total. The molecule has 0 bridgehead atoms. The topological polar surface area (TPSA) is 70.5 Å². The number of aromatic nitrogens is 1. The summed E-state index contributed by atoms with van der Waals surface area (Å²) in [7, 11) is 0. The number of carbonyl (C=O) groups excluding carboxylic acids is 1. The molecule has 6 heteroatoms. The lowest BCUT2D eigenvalue weighted by molar-refractivity contribution is -0.120. The molecule has 2 rings (SSSR count). The summed E-state index contributed by atoms with van der Waals surface area (Å²) < 4.78 is 2.27. The lowest BCUT2D eigenvalue weighted by Gasteiger charge is -2.11. The minimum atomic E-state index is 0.0784. The molecule has 142 valence electrons. The van der Waals surface area contributed by atoms with Gasteiger partial charge >= 0.3 is 0 Å². The van der Waals surface area contributed by atoms with Gasteiger partial charge in [-0.3, -0.25) is 9.79 Å². The smallest absolute Gasteiger partial charge is 0.221 e. The summed E-state index contributed by atoms with van der Waals surface area (Å²) >= 11 is 0. The Kier molecular flexibility index (Phi) is 8.52. The van der Waals surface area contributed by atoms with Crippen LogP contribution in [0.3, 0.4) is 0 Å². The SMILES string of the molecule is CCCNC(=O)CCNC(=NCCCn1ccc2ccccc21)NCC. The fourth-order valence-electron chi connectivity index (χ4n) is 2.76. The zero-order valence-electron chi connectivity index (χ0n) is 15.9. The van der Waals surface area contributed by atoms with Crippen molar-refractivity contribution in [1.82, 2.24) is 20.5 Å². The van der Waals surface area contributed by atoms with Crippen molar-refractivity contribution in [1.29, 1.82) is 0 Å². The number of hydrogen-bond acceptors (Lipinski definition) is 2. The number of benzene rings is 1. The molecular formula is C20H31N5O. The number of carbonyl (C=O) groups is 1. The van der Waals surface area contributed by atoms with Crippen LogP contribution in [0.1, 0.15) is 33.1 Å². The number of guanidine groups is 1. The molecule has 0 aliphatic rings. The van der Waals surface area contributed by atoms with Crippen LogP contribution in [0.5, 0.6) is 0 Å². The first kappa shape index (κ1) is 19.8. The van der Waals surface area contributed by atoms with Gasteiger partial charge in [0, 0.05) is 50.9 Å². The normalized spacial score (nSPS) is 11.5. The van der Waals surface area contributed by atoms with E-state index in [2.05, 4.69) is 62.0 Å². The summed E-state index contributed by atoms with van der Waals surface area (Å²) in [6.45, 7) is 7.89. The van der Waals surface area contributed by atoms with Gasteiger partial charge in [-0.25, -0.2) is 0 Å². The zero-order valence-corrected chi connectivity index (χ0v) is 15.9. The fourth-order valence-corrected chi connectivity index (χ4v) is 2.76. The van der Waals surface area contributed by atoms with Gasteiger partial charge in [0.25, 0.3) is 0 Å². The number of hydrogen-bond donors (Lipinski definition) is 3. The second-order valence-electron chi connectivity index (χ2n) is 6.21. The molecule has 6 nitrogen and oxygen atoms in total. The average molecular weight is 358 g/mol. The molecule has 0 atom stereocenters. The van der Waals surface area contributed by atoms with E-state index in [1.165, 1.54) is 10.9 Å². The monoisotopic (exact) mass is 357 g/mol. The van der Waals surface area contributed by atoms with Crippen LogP contribution >= 0.6 is 0 Å². The molecule has 1 aromatic heterocycles. The standard InChI is InChI=1S/C20H31N5O/c1-3-12-22-19(26)10-14-24-20(21-4-2)23-13-7-15-25-16-11-17-8-5-6-9-18(17)25/h5-6,8-9,11,16H,3-4,7,10,12-15H2,1-2H3,(H,22,26)(H2,21,23,24). The third kappa shape index (κ3) is 6.43. The summed E-state index contributed by atoms with van der Waals surface area (Å²) in [6.07, 6.45) is 4.51. The van der Waals surface area contributed by atoms with Crippen LogP contribution in [0, 0.1) is 0 Å². The van der Waals surface area contributed by atoms with Gasteiger partial charge in [-0.05, 0) is 37.3 Å². The summed E-state index contributed by atoms with van der Waals surface area (Å²) in [5.74, 6) is 0.850. The molecule has 0 radical (unpaired) electrons. The summed E-state index contributed by atoms with van der Waals surface area (Å²) in [4.78, 5) is 16.2. The van der Waals surface area contributed by atoms with Crippen LogP contribution in [0.4, 0.5) is 0 Å². The first-order chi connectivity index (χ1) is 12.7. The van der Waals surface area contributed by atoms with Gasteiger partial charge in [0.15, 0.2) is 5.96 Å². The highest BCUT2D eigenvalue weighted by Crippen LogP contribution is 2.15. The molecule has 0 aliphatic carbocycles. The van der Waals surface area contributed by atoms with E-state index in [-0.39, 0.29) is 5.91 Å². The summed E-state index contributed by atoms with van der Waals surface area (Å²) in [6, 6.07) is 10.6. The van der Waals surface area contributed by atoms with Crippen molar-refractivity contribution in [3.05, 3.63) is 36.5 Å². The average Bonchev–Trinajstić information content (AvgIpc) is 3.06. The molecular weight excluding hydrogens is 326 g/mol. The van der Waals surface area contributed by atoms with Crippen LogP contribution in [0.2, 0.25) is 0 Å². The number of para-hydroxylation sites is 1. The van der Waals surface area contributed by atoms with Crippen LogP contribution < -0.4 is 16.0 Å². The van der Waals surface area contributed by atoms with E-state index in [1.807, 2.05) is 13.8 Å². The van der Waals surface area contributed by atoms with Gasteiger partial charge < -0.3 is 20.5 Å². The Hall–Kier alpha value is -2.50. The van der Waals surface area contributed by atoms with Gasteiger partial charge in [0.1, 0.15) is 0 Å². The zero-order chi connectivity index (χ0) is 18.6. The fraction of sp³-hybridized carbons (Fsp3) is 0.500. The van der Waals surface area contributed by atoms with E-state index < -0.39 is 0 Å². The quantitative estimate of drug-likeness (QED) is 0.348. The van der Waals surface area contributed by atoms with Crippen LogP contribution in [-0.2, 0) is 11.3 Å². The Morgan fingerprint density at radius 3 is 2.73 bits per heavy atom. The maximum Gasteiger partial charge on any atom is 0.221 e. The van der Waals surface area contributed by atoms with Crippen molar-refractivity contribution in [3.8, 4) is 0 Å². The predicted molar refractivity (Wildman–Crippen MR) is 108 cm³/mol. The highest BCUT2D eigenvalue weighted by Gasteiger charge is 2.02. The van der Waals surface area contributed by atoms with Crippen LogP contribution in [0.15, 0.2) is 41.5 Å². The van der Waals surface area contributed by atoms with E-state index in [4.69, 9.17) is 0 Å². The van der Waals surface area contributed by atoms with E-state index in [0.717, 1.165) is 45.0 Å². The molecule has 1 aromatic carbocycles. The number of nitrogens with one attached hydrogen (secondary N) is 3. The van der Waals surface area contributed by atoms with Gasteiger partial charge in [-0.15, -0.1) is 0 Å². The van der Waals surface area contributed by atoms with Gasteiger partial charge in [0.05, 0.1) is 0 Å². The second-order valence-corrected chi connectivity index (χ2v) is 6.21. The first-order valence-corrected chi connectivity index (χ1v) is 9.57. The molecule has 1 amide bonds. The number of fused-ring (bicyclic) bond motifs is 1. The molecule has 0 saturated carbocycles. The predicted octanol–water partition coefficient (Wildman–Crippen LogP) is 2.50. The largest absolute Gasteiger partial charge is 0.357 e. The lowest BCUT2D eigenvalue weighted by atomic mass is 10.2. The summed E-state index contributed by atoms with van der Waals surface area (Å²) in [5, 5.41) is 10.6. The maximum absolute atomic E-state index is 11.6. The van der Waals surface area contributed by atoms with Crippen molar-refractivity contribution < 1.29 is 4.79 Å². The number of amides is 1. The second kappa shape index (κ2) is 11.2. The molecule has 1 heterocycles. The third-order valence-electron chi connectivity index (χ3n) is 4.07. The Bertz CT molecular complexity index is 707. The van der Waals surface area contributed by atoms with E-state index in [1.54, 1.807) is 0 Å². The molecule has 0 unspecified atom stereocenters. The minimum absolute atomic E-state index is 0.0784. The molecule has 0 aliphatic heterocycles. The van der Waals surface area contributed by atoms with Crippen molar-refractivity contribution >= 4 is 22.8 Å². The van der Waals surface area contributed by atoms with Crippen molar-refractivity contribution in [2.45, 2.75) is 39.7 Å². The first-order valence-electron chi connectivity index (χ1n) is 9.57. The van der Waals surface area contributed by atoms with Gasteiger partial charge in [-0.1, -0.05) is 25.1 Å². The van der Waals surface area contributed by atoms with Crippen molar-refractivity contribution in [2.75, 3.05) is 26.2 Å². The number of rotatable bonds is 10. The number of nitrogens with zero attached hydrogens (tertiary/aromatic N) is 2. The Morgan fingerprint density at radius 1 is 1.08 bits per heavy atom. The van der Waals surface area contributed by atoms with E-state index in [0.29, 0.717) is 13.0 Å². The maximum atomic E-state index is 11.6. The molecule has 0 spiro atoms. The van der Waals surface area contributed by atoms with Crippen LogP contribution in [-0.4, -0.2) is 42.6 Å². The molecule has 0 saturated heterocycles. The van der Waals surface area contributed by atoms with Gasteiger partial charge in [0.2, 0.25) is 5.91 Å². The highest BCUT2D eigenvalue weighted by atomic mass is 16.1. The third-order valence-corrected chi connectivity index (χ3v) is 4.07. The molecule has 26 heavy (non-hydrogen) atoms. The Balaban J connectivity index is 1.75. The Labute approximate surface area is 156 Å². The Morgan fingerprint density at radius 2 is 1.92 bits per heavy atom. The van der Waals surface area contributed by atoms with Crippen molar-refractivity contribution in [2.24, 2.45) is 4.99 Å². The van der Waals surface area contributed by atoms with E-state index >= 15 is 0 Å². The number of aliphatic imine (C=N–C) groups is 1. The molecule has 2 aromatic rings. The molecule has 0 fully saturated rings. The highest BCUT2D eigenvalue weighted by molar-refractivity contribution is 5.81. The minimum Gasteiger partial charge on any atom is -0.357 e. The lowest BCUT2D eigenvalue weighted by Crippen LogP contribution is -2.39. The van der Waals surface area contributed by atoms with Crippen LogP contribution in [0.25, 0.3) is 10.9 Å². The van der Waals surface area contributed by atoms with E-state index in [9.17, 15) is 4.79 Å². The van der Waals surface area contributed by atoms with Crippen molar-refractivity contribution in [3.63, 3.8) is 0 Å². The summed E-state index contributed by atoms with van der Waals surface area (Å²) in [5.41, 5.74) is 1.26. The number of aryl methyl sites for hydroxylation is 1. The van der Waals surface area contributed by atoms with Gasteiger partial charge in [-0.2, -0.15) is 0 Å².